The van der Waals surface area contributed by atoms with Crippen molar-refractivity contribution in [2.75, 3.05) is 26.3 Å². The van der Waals surface area contributed by atoms with E-state index in [1.807, 2.05) is 17.0 Å². The first-order valence-electron chi connectivity index (χ1n) is 9.00. The highest BCUT2D eigenvalue weighted by Gasteiger charge is 2.31. The molecular weight excluding hydrogens is 304 g/mol. The maximum absolute atomic E-state index is 12.6. The summed E-state index contributed by atoms with van der Waals surface area (Å²) < 4.78 is 5.36. The Balaban J connectivity index is 1.42. The Morgan fingerprint density at radius 3 is 2.62 bits per heavy atom. The number of piperidine rings is 1. The van der Waals surface area contributed by atoms with Gasteiger partial charge in [-0.2, -0.15) is 0 Å². The molecule has 0 aromatic heterocycles. The van der Waals surface area contributed by atoms with E-state index in [0.717, 1.165) is 49.9 Å². The van der Waals surface area contributed by atoms with E-state index in [1.54, 1.807) is 0 Å². The Morgan fingerprint density at radius 2 is 1.88 bits per heavy atom. The van der Waals surface area contributed by atoms with E-state index in [9.17, 15) is 9.59 Å². The largest absolute Gasteiger partial charge is 0.381 e. The van der Waals surface area contributed by atoms with Crippen molar-refractivity contribution < 1.29 is 14.3 Å². The number of nitrogens with zero attached hydrogens (tertiary/aromatic N) is 1. The Kier molecular flexibility index (Phi) is 4.27. The van der Waals surface area contributed by atoms with Crippen molar-refractivity contribution in [3.05, 3.63) is 34.9 Å². The van der Waals surface area contributed by atoms with Crippen molar-refractivity contribution in [3.63, 3.8) is 0 Å². The smallest absolute Gasteiger partial charge is 0.251 e. The van der Waals surface area contributed by atoms with Crippen LogP contribution in [0.1, 0.15) is 53.1 Å². The zero-order valence-corrected chi connectivity index (χ0v) is 13.9. The fourth-order valence-electron chi connectivity index (χ4n) is 4.27. The first-order chi connectivity index (χ1) is 11.7. The molecule has 0 saturated carbocycles. The van der Waals surface area contributed by atoms with Gasteiger partial charge in [0.05, 0.1) is 0 Å². The lowest BCUT2D eigenvalue weighted by Gasteiger charge is -2.35. The minimum atomic E-state index is 0.0407. The van der Waals surface area contributed by atoms with Crippen LogP contribution in [0.15, 0.2) is 18.2 Å². The van der Waals surface area contributed by atoms with E-state index < -0.39 is 0 Å². The number of nitrogens with one attached hydrogen (secondary N) is 1. The van der Waals surface area contributed by atoms with Crippen LogP contribution in [0.2, 0.25) is 0 Å². The second-order valence-corrected chi connectivity index (χ2v) is 7.04. The van der Waals surface area contributed by atoms with Gasteiger partial charge in [-0.3, -0.25) is 9.59 Å². The first kappa shape index (κ1) is 15.6. The molecule has 2 fully saturated rings. The molecule has 2 saturated heterocycles. The molecule has 0 atom stereocenters. The highest BCUT2D eigenvalue weighted by atomic mass is 16.5. The quantitative estimate of drug-likeness (QED) is 0.904. The number of carbonyl (C=O) groups excluding carboxylic acids is 2. The maximum Gasteiger partial charge on any atom is 0.251 e. The van der Waals surface area contributed by atoms with Crippen LogP contribution in [0.3, 0.4) is 0 Å². The standard InChI is InChI=1S/C19H24N2O3/c22-18-16-3-1-2-15(17(16)12-20-18)13-4-8-21(9-5-13)19(23)14-6-10-24-11-7-14/h1-3,13-14H,4-12H2,(H,20,22). The molecule has 0 radical (unpaired) electrons. The summed E-state index contributed by atoms with van der Waals surface area (Å²) in [6.45, 7) is 3.72. The number of carbonyl (C=O) groups is 2. The third-order valence-electron chi connectivity index (χ3n) is 5.70. The first-order valence-corrected chi connectivity index (χ1v) is 9.00. The number of likely N-dealkylation sites (tertiary alicyclic amines) is 1. The van der Waals surface area contributed by atoms with Crippen LogP contribution < -0.4 is 5.32 Å². The Morgan fingerprint density at radius 1 is 1.12 bits per heavy atom. The van der Waals surface area contributed by atoms with Crippen LogP contribution in [0.5, 0.6) is 0 Å². The van der Waals surface area contributed by atoms with Crippen molar-refractivity contribution in [2.24, 2.45) is 5.92 Å². The van der Waals surface area contributed by atoms with Gasteiger partial charge in [0.15, 0.2) is 0 Å². The summed E-state index contributed by atoms with van der Waals surface area (Å²) in [7, 11) is 0. The van der Waals surface area contributed by atoms with Gasteiger partial charge in [-0.1, -0.05) is 12.1 Å². The molecule has 128 valence electrons. The molecular formula is C19H24N2O3. The van der Waals surface area contributed by atoms with E-state index in [0.29, 0.717) is 31.6 Å². The number of ether oxygens (including phenoxy) is 1. The van der Waals surface area contributed by atoms with Gasteiger partial charge in [0.25, 0.3) is 5.91 Å². The molecule has 3 heterocycles. The molecule has 0 spiro atoms. The fraction of sp³-hybridized carbons (Fsp3) is 0.579. The van der Waals surface area contributed by atoms with E-state index in [2.05, 4.69) is 11.4 Å². The molecule has 0 aliphatic carbocycles. The molecule has 3 aliphatic heterocycles. The number of hydrogen-bond donors (Lipinski definition) is 1. The molecule has 1 N–H and O–H groups in total. The Hall–Kier alpha value is -1.88. The van der Waals surface area contributed by atoms with E-state index in [-0.39, 0.29) is 11.8 Å². The summed E-state index contributed by atoms with van der Waals surface area (Å²) in [5.74, 6) is 0.954. The van der Waals surface area contributed by atoms with Crippen molar-refractivity contribution in [3.8, 4) is 0 Å². The number of amides is 2. The topological polar surface area (TPSA) is 58.6 Å². The van der Waals surface area contributed by atoms with Gasteiger partial charge >= 0.3 is 0 Å². The van der Waals surface area contributed by atoms with Crippen molar-refractivity contribution >= 4 is 11.8 Å². The summed E-state index contributed by atoms with van der Waals surface area (Å²) in [6.07, 6.45) is 3.69. The van der Waals surface area contributed by atoms with Crippen LogP contribution in [-0.4, -0.2) is 43.0 Å². The third kappa shape index (κ3) is 2.81. The van der Waals surface area contributed by atoms with Gasteiger partial charge in [-0.05, 0) is 48.8 Å². The Bertz CT molecular complexity index is 644. The SMILES string of the molecule is O=C1NCc2c1cccc2C1CCN(C(=O)C2CCOCC2)CC1. The molecule has 0 bridgehead atoms. The van der Waals surface area contributed by atoms with Crippen LogP contribution in [0.25, 0.3) is 0 Å². The molecule has 1 aromatic carbocycles. The van der Waals surface area contributed by atoms with Crippen LogP contribution in [0, 0.1) is 5.92 Å². The average molecular weight is 328 g/mol. The van der Waals surface area contributed by atoms with E-state index in [1.165, 1.54) is 5.56 Å². The fourth-order valence-corrected chi connectivity index (χ4v) is 4.27. The number of fused-ring (bicyclic) bond motifs is 1. The van der Waals surface area contributed by atoms with Gasteiger partial charge in [0.2, 0.25) is 5.91 Å². The zero-order valence-electron chi connectivity index (χ0n) is 13.9. The summed E-state index contributed by atoms with van der Waals surface area (Å²) in [5.41, 5.74) is 3.29. The molecule has 5 nitrogen and oxygen atoms in total. The monoisotopic (exact) mass is 328 g/mol. The second kappa shape index (κ2) is 6.55. The number of benzene rings is 1. The summed E-state index contributed by atoms with van der Waals surface area (Å²) >= 11 is 0. The maximum atomic E-state index is 12.6. The lowest BCUT2D eigenvalue weighted by Crippen LogP contribution is -2.42. The van der Waals surface area contributed by atoms with Crippen LogP contribution in [0.4, 0.5) is 0 Å². The zero-order chi connectivity index (χ0) is 16.5. The van der Waals surface area contributed by atoms with Gasteiger partial charge in [-0.15, -0.1) is 0 Å². The minimum Gasteiger partial charge on any atom is -0.381 e. The lowest BCUT2D eigenvalue weighted by atomic mass is 9.85. The molecule has 4 rings (SSSR count). The van der Waals surface area contributed by atoms with E-state index in [4.69, 9.17) is 4.74 Å². The third-order valence-corrected chi connectivity index (χ3v) is 5.70. The molecule has 24 heavy (non-hydrogen) atoms. The van der Waals surface area contributed by atoms with Crippen LogP contribution >= 0.6 is 0 Å². The highest BCUT2D eigenvalue weighted by Crippen LogP contribution is 2.34. The van der Waals surface area contributed by atoms with Gasteiger partial charge in [-0.25, -0.2) is 0 Å². The average Bonchev–Trinajstić information content (AvgIpc) is 3.03. The summed E-state index contributed by atoms with van der Waals surface area (Å²) in [4.78, 5) is 26.5. The summed E-state index contributed by atoms with van der Waals surface area (Å²) in [5, 5.41) is 2.92. The molecule has 3 aliphatic rings. The number of hydrogen-bond acceptors (Lipinski definition) is 3. The minimum absolute atomic E-state index is 0.0407. The molecule has 0 unspecified atom stereocenters. The molecule has 1 aromatic rings. The number of rotatable bonds is 2. The lowest BCUT2D eigenvalue weighted by molar-refractivity contribution is -0.139. The van der Waals surface area contributed by atoms with Gasteiger partial charge in [0.1, 0.15) is 0 Å². The second-order valence-electron chi connectivity index (χ2n) is 7.04. The predicted octanol–water partition coefficient (Wildman–Crippen LogP) is 2.06. The van der Waals surface area contributed by atoms with E-state index >= 15 is 0 Å². The highest BCUT2D eigenvalue weighted by molar-refractivity contribution is 5.98. The van der Waals surface area contributed by atoms with Crippen molar-refractivity contribution in [2.45, 2.75) is 38.1 Å². The van der Waals surface area contributed by atoms with Crippen molar-refractivity contribution in [1.82, 2.24) is 10.2 Å². The summed E-state index contributed by atoms with van der Waals surface area (Å²) in [6, 6.07) is 6.04. The molecule has 5 heteroatoms. The Labute approximate surface area is 142 Å². The van der Waals surface area contributed by atoms with Gasteiger partial charge in [0, 0.05) is 44.3 Å². The van der Waals surface area contributed by atoms with Gasteiger partial charge < -0.3 is 15.0 Å². The normalized spacial score (nSPS) is 22.3. The molecule has 2 amide bonds. The predicted molar refractivity (Wildman–Crippen MR) is 89.7 cm³/mol. The van der Waals surface area contributed by atoms with Crippen LogP contribution in [-0.2, 0) is 16.1 Å². The van der Waals surface area contributed by atoms with Crippen molar-refractivity contribution in [1.29, 1.82) is 0 Å².